The lowest BCUT2D eigenvalue weighted by atomic mass is 9.82. The predicted molar refractivity (Wildman–Crippen MR) is 197 cm³/mol. The summed E-state index contributed by atoms with van der Waals surface area (Å²) >= 11 is 0. The highest BCUT2D eigenvalue weighted by Crippen LogP contribution is 2.41. The van der Waals surface area contributed by atoms with Crippen molar-refractivity contribution in [2.24, 2.45) is 16.9 Å². The highest BCUT2D eigenvalue weighted by atomic mass is 19.1. The molecule has 13 heteroatoms. The SMILES string of the molecule is CC(=O)N[C@@H](CCCCN)C(=O)CCCNC(=O)[C@@H](N)CCN(C(=O)CO)[C@@H](c1cc(-c2cc(F)ccc2F)cn1Cc1ccccc1)C(C)(C)C. The Balaban J connectivity index is 1.79. The molecule has 0 bridgehead atoms. The Morgan fingerprint density at radius 1 is 0.981 bits per heavy atom. The van der Waals surface area contributed by atoms with Gasteiger partial charge in [0, 0.05) is 56.0 Å². The van der Waals surface area contributed by atoms with Gasteiger partial charge in [-0.2, -0.15) is 0 Å². The number of nitrogens with two attached hydrogens (primary N) is 2. The quantitative estimate of drug-likeness (QED) is 0.109. The number of nitrogens with zero attached hydrogens (tertiary/aromatic N) is 2. The van der Waals surface area contributed by atoms with Crippen LogP contribution in [0.2, 0.25) is 0 Å². The minimum Gasteiger partial charge on any atom is -0.387 e. The zero-order valence-corrected chi connectivity index (χ0v) is 30.7. The van der Waals surface area contributed by atoms with Crippen LogP contribution in [0.25, 0.3) is 11.1 Å². The topological polar surface area (TPSA) is 173 Å². The van der Waals surface area contributed by atoms with E-state index in [4.69, 9.17) is 11.5 Å². The highest BCUT2D eigenvalue weighted by molar-refractivity contribution is 5.88. The van der Waals surface area contributed by atoms with Crippen molar-refractivity contribution in [1.82, 2.24) is 20.1 Å². The van der Waals surface area contributed by atoms with Gasteiger partial charge in [-0.05, 0) is 73.9 Å². The van der Waals surface area contributed by atoms with Crippen LogP contribution in [0.1, 0.15) is 83.5 Å². The number of amides is 3. The van der Waals surface area contributed by atoms with E-state index in [2.05, 4.69) is 10.6 Å². The van der Waals surface area contributed by atoms with Gasteiger partial charge in [-0.15, -0.1) is 0 Å². The van der Waals surface area contributed by atoms with Crippen LogP contribution in [0, 0.1) is 17.0 Å². The number of carbonyl (C=O) groups is 4. The number of rotatable bonds is 20. The number of benzene rings is 2. The molecule has 0 saturated carbocycles. The Morgan fingerprint density at radius 2 is 1.69 bits per heavy atom. The number of Topliss-reactive ketones (excluding diaryl/α,β-unsaturated/α-hetero) is 1. The lowest BCUT2D eigenvalue weighted by Gasteiger charge is -2.41. The third-order valence-corrected chi connectivity index (χ3v) is 8.86. The minimum absolute atomic E-state index is 0.00970. The molecule has 284 valence electrons. The number of halogens is 2. The molecule has 11 nitrogen and oxygen atoms in total. The summed E-state index contributed by atoms with van der Waals surface area (Å²) in [6, 6.07) is 12.2. The van der Waals surface area contributed by atoms with Crippen molar-refractivity contribution in [1.29, 1.82) is 0 Å². The van der Waals surface area contributed by atoms with Gasteiger partial charge in [-0.25, -0.2) is 8.78 Å². The molecule has 0 unspecified atom stereocenters. The third-order valence-electron chi connectivity index (χ3n) is 8.86. The van der Waals surface area contributed by atoms with Crippen molar-refractivity contribution in [2.75, 3.05) is 26.2 Å². The van der Waals surface area contributed by atoms with Gasteiger partial charge < -0.3 is 36.7 Å². The molecule has 1 heterocycles. The molecule has 52 heavy (non-hydrogen) atoms. The van der Waals surface area contributed by atoms with E-state index >= 15 is 4.39 Å². The van der Waals surface area contributed by atoms with Crippen LogP contribution in [0.4, 0.5) is 8.78 Å². The molecule has 3 aromatic rings. The Morgan fingerprint density at radius 3 is 2.33 bits per heavy atom. The smallest absolute Gasteiger partial charge is 0.248 e. The van der Waals surface area contributed by atoms with Crippen molar-refractivity contribution in [3.05, 3.63) is 83.7 Å². The largest absolute Gasteiger partial charge is 0.387 e. The second-order valence-electron chi connectivity index (χ2n) is 14.2. The Kier molecular flexibility index (Phi) is 16.1. The molecule has 0 aliphatic heterocycles. The van der Waals surface area contributed by atoms with E-state index in [1.807, 2.05) is 55.7 Å². The molecule has 0 spiro atoms. The maximum Gasteiger partial charge on any atom is 0.248 e. The van der Waals surface area contributed by atoms with Gasteiger partial charge in [-0.1, -0.05) is 51.1 Å². The third kappa shape index (κ3) is 12.3. The standard InChI is InChI=1S/C39H54F2N6O5/c1-26(49)45-33(13-8-9-18-42)35(50)14-10-19-44-38(52)32(43)17-20-47(36(51)25-48)37(39(2,3)4)34-21-28(30-22-29(40)15-16-31(30)41)24-46(34)23-27-11-6-5-7-12-27/h5-7,11-12,15-16,21-22,24,32-33,37,48H,8-10,13-14,17-20,23,25,42-43H2,1-4H3,(H,44,52)(H,45,49)/t32-,33-,37-/m0/s1. The second-order valence-corrected chi connectivity index (χ2v) is 14.2. The first kappa shape index (κ1) is 42.0. The number of carbonyl (C=O) groups excluding carboxylic acids is 4. The van der Waals surface area contributed by atoms with Crippen LogP contribution < -0.4 is 22.1 Å². The number of unbranched alkanes of at least 4 members (excludes halogenated alkanes) is 1. The molecule has 1 aromatic heterocycles. The summed E-state index contributed by atoms with van der Waals surface area (Å²) < 4.78 is 31.2. The number of nitrogens with one attached hydrogen (secondary N) is 2. The second kappa shape index (κ2) is 20.0. The number of hydrogen-bond donors (Lipinski definition) is 5. The van der Waals surface area contributed by atoms with E-state index in [0.717, 1.165) is 30.2 Å². The molecule has 2 aromatic carbocycles. The van der Waals surface area contributed by atoms with Crippen molar-refractivity contribution in [3.8, 4) is 11.1 Å². The molecule has 3 amide bonds. The van der Waals surface area contributed by atoms with Gasteiger partial charge in [0.1, 0.15) is 18.2 Å². The van der Waals surface area contributed by atoms with Gasteiger partial charge in [-0.3, -0.25) is 19.2 Å². The summed E-state index contributed by atoms with van der Waals surface area (Å²) in [5.41, 5.74) is 13.3. The van der Waals surface area contributed by atoms with E-state index in [1.54, 1.807) is 12.3 Å². The Labute approximate surface area is 305 Å². The minimum atomic E-state index is -1.01. The lowest BCUT2D eigenvalue weighted by molar-refractivity contribution is -0.140. The molecule has 3 atom stereocenters. The van der Waals surface area contributed by atoms with Crippen LogP contribution in [-0.2, 0) is 25.7 Å². The van der Waals surface area contributed by atoms with E-state index < -0.39 is 53.6 Å². The zero-order chi connectivity index (χ0) is 38.4. The van der Waals surface area contributed by atoms with E-state index in [9.17, 15) is 28.7 Å². The molecule has 0 fully saturated rings. The van der Waals surface area contributed by atoms with Crippen molar-refractivity contribution < 1.29 is 33.1 Å². The van der Waals surface area contributed by atoms with Crippen LogP contribution in [-0.4, -0.2) is 76.4 Å². The maximum absolute atomic E-state index is 15.0. The summed E-state index contributed by atoms with van der Waals surface area (Å²) in [6.45, 7) is 7.41. The van der Waals surface area contributed by atoms with Gasteiger partial charge in [0.05, 0.1) is 18.1 Å². The van der Waals surface area contributed by atoms with Crippen LogP contribution in [0.5, 0.6) is 0 Å². The molecule has 0 saturated heterocycles. The van der Waals surface area contributed by atoms with E-state index in [0.29, 0.717) is 43.6 Å². The predicted octanol–water partition coefficient (Wildman–Crippen LogP) is 4.21. The van der Waals surface area contributed by atoms with Crippen molar-refractivity contribution >= 4 is 23.5 Å². The van der Waals surface area contributed by atoms with Gasteiger partial charge in [0.15, 0.2) is 5.78 Å². The Bertz CT molecular complexity index is 1640. The maximum atomic E-state index is 15.0. The average molecular weight is 725 g/mol. The summed E-state index contributed by atoms with van der Waals surface area (Å²) in [4.78, 5) is 52.2. The summed E-state index contributed by atoms with van der Waals surface area (Å²) in [6.07, 6.45) is 4.22. The monoisotopic (exact) mass is 724 g/mol. The molecule has 7 N–H and O–H groups in total. The first-order valence-electron chi connectivity index (χ1n) is 17.8. The fourth-order valence-electron chi connectivity index (χ4n) is 6.34. The van der Waals surface area contributed by atoms with Crippen LogP contribution >= 0.6 is 0 Å². The number of aromatic nitrogens is 1. The molecular formula is C39H54F2N6O5. The molecule has 0 radical (unpaired) electrons. The summed E-state index contributed by atoms with van der Waals surface area (Å²) in [5.74, 6) is -2.66. The van der Waals surface area contributed by atoms with E-state index in [-0.39, 0.29) is 43.2 Å². The van der Waals surface area contributed by atoms with Gasteiger partial charge >= 0.3 is 0 Å². The number of aliphatic hydroxyl groups is 1. The number of hydrogen-bond acceptors (Lipinski definition) is 7. The zero-order valence-electron chi connectivity index (χ0n) is 30.7. The highest BCUT2D eigenvalue weighted by Gasteiger charge is 2.37. The molecule has 0 aliphatic carbocycles. The van der Waals surface area contributed by atoms with Gasteiger partial charge in [0.25, 0.3) is 0 Å². The Hall–Kier alpha value is -4.46. The fraction of sp³-hybridized carbons (Fsp3) is 0.487. The average Bonchev–Trinajstić information content (AvgIpc) is 3.50. The molecule has 3 rings (SSSR count). The first-order chi connectivity index (χ1) is 24.7. The first-order valence-corrected chi connectivity index (χ1v) is 17.8. The van der Waals surface area contributed by atoms with E-state index in [1.165, 1.54) is 11.8 Å². The van der Waals surface area contributed by atoms with Crippen LogP contribution in [0.3, 0.4) is 0 Å². The van der Waals surface area contributed by atoms with Gasteiger partial charge in [0.2, 0.25) is 17.7 Å². The normalized spacial score (nSPS) is 13.2. The van der Waals surface area contributed by atoms with Crippen molar-refractivity contribution in [3.63, 3.8) is 0 Å². The molecular weight excluding hydrogens is 670 g/mol. The number of aliphatic hydroxyl groups excluding tert-OH is 1. The van der Waals surface area contributed by atoms with Crippen LogP contribution in [0.15, 0.2) is 60.8 Å². The molecule has 0 aliphatic rings. The van der Waals surface area contributed by atoms with Crippen molar-refractivity contribution in [2.45, 2.75) is 90.9 Å². The summed E-state index contributed by atoms with van der Waals surface area (Å²) in [5, 5.41) is 15.5. The number of ketones is 1. The lowest BCUT2D eigenvalue weighted by Crippen LogP contribution is -2.47. The summed E-state index contributed by atoms with van der Waals surface area (Å²) in [7, 11) is 0. The fourth-order valence-corrected chi connectivity index (χ4v) is 6.34.